The van der Waals surface area contributed by atoms with Crippen LogP contribution in [-0.2, 0) is 22.5 Å². The third-order valence-corrected chi connectivity index (χ3v) is 5.23. The highest BCUT2D eigenvalue weighted by Gasteiger charge is 2.21. The van der Waals surface area contributed by atoms with Gasteiger partial charge in [0, 0.05) is 46.0 Å². The Labute approximate surface area is 185 Å². The van der Waals surface area contributed by atoms with E-state index < -0.39 is 6.04 Å². The fraction of sp³-hybridized carbons (Fsp3) is 0.524. The van der Waals surface area contributed by atoms with Crippen LogP contribution < -0.4 is 5.73 Å². The summed E-state index contributed by atoms with van der Waals surface area (Å²) in [5.74, 6) is 0.638. The van der Waals surface area contributed by atoms with Crippen molar-refractivity contribution in [3.05, 3.63) is 54.1 Å². The predicted octanol–water partition coefficient (Wildman–Crippen LogP) is 2.92. The molecule has 2 heterocycles. The summed E-state index contributed by atoms with van der Waals surface area (Å²) in [4.78, 5) is 18.7. The van der Waals surface area contributed by atoms with Gasteiger partial charge in [0.15, 0.2) is 0 Å². The minimum Gasteiger partial charge on any atom is -0.381 e. The Morgan fingerprint density at radius 1 is 1.28 bits per heavy atom. The number of nitrogens with zero attached hydrogens (tertiary/aromatic N) is 3. The topological polar surface area (TPSA) is 73.4 Å². The number of likely N-dealkylation sites (N-methyl/N-ethyl adjacent to an activating group) is 1. The van der Waals surface area contributed by atoms with Crippen LogP contribution in [0.5, 0.6) is 0 Å². The Kier molecular flexibility index (Phi) is 11.3. The Morgan fingerprint density at radius 3 is 2.66 bits per heavy atom. The number of nitrogens with two attached hydrogens (primary N) is 1. The molecule has 1 fully saturated rings. The minimum absolute atomic E-state index is 0. The van der Waals surface area contributed by atoms with Crippen LogP contribution >= 0.6 is 24.8 Å². The second-order valence-electron chi connectivity index (χ2n) is 7.44. The van der Waals surface area contributed by atoms with E-state index in [1.54, 1.807) is 11.2 Å². The van der Waals surface area contributed by atoms with Gasteiger partial charge in [0.1, 0.15) is 0 Å². The van der Waals surface area contributed by atoms with Crippen molar-refractivity contribution in [1.82, 2.24) is 14.5 Å². The molecule has 8 heteroatoms. The van der Waals surface area contributed by atoms with Crippen molar-refractivity contribution in [3.63, 3.8) is 0 Å². The van der Waals surface area contributed by atoms with Crippen LogP contribution in [0.4, 0.5) is 0 Å². The number of carbonyl (C=O) groups excluding carboxylic acids is 1. The summed E-state index contributed by atoms with van der Waals surface area (Å²) in [6, 6.07) is 9.68. The zero-order chi connectivity index (χ0) is 19.1. The summed E-state index contributed by atoms with van der Waals surface area (Å²) in [7, 11) is 1.84. The Morgan fingerprint density at radius 2 is 1.97 bits per heavy atom. The third kappa shape index (κ3) is 7.97. The van der Waals surface area contributed by atoms with Gasteiger partial charge >= 0.3 is 0 Å². The van der Waals surface area contributed by atoms with Crippen LogP contribution in [0.1, 0.15) is 30.5 Å². The monoisotopic (exact) mass is 442 g/mol. The Hall–Kier alpha value is -1.60. The van der Waals surface area contributed by atoms with Crippen LogP contribution in [0.15, 0.2) is 42.9 Å². The molecule has 1 aromatic heterocycles. The molecule has 0 saturated carbocycles. The number of hydrogen-bond acceptors (Lipinski definition) is 4. The zero-order valence-electron chi connectivity index (χ0n) is 16.9. The maximum atomic E-state index is 12.6. The smallest absolute Gasteiger partial charge is 0.239 e. The fourth-order valence-electron chi connectivity index (χ4n) is 3.51. The molecule has 6 nitrogen and oxygen atoms in total. The number of rotatable bonds is 8. The van der Waals surface area contributed by atoms with Gasteiger partial charge in [-0.05, 0) is 30.7 Å². The van der Waals surface area contributed by atoms with Crippen LogP contribution in [-0.4, -0.2) is 53.2 Å². The van der Waals surface area contributed by atoms with E-state index in [1.807, 2.05) is 36.0 Å². The van der Waals surface area contributed by atoms with Gasteiger partial charge < -0.3 is 19.9 Å². The van der Waals surface area contributed by atoms with Gasteiger partial charge in [-0.25, -0.2) is 4.98 Å². The standard InChI is InChI=1S/C21H30N4O2.2ClH/c1-24(10-7-17-8-11-27-12-9-17)21(26)20(22)13-19-15-25(16-23-19)14-18-5-3-2-4-6-18;;/h2-6,15-17,20H,7-14,22H2,1H3;2*1H/t20-;;/m0../s1. The summed E-state index contributed by atoms with van der Waals surface area (Å²) in [5, 5.41) is 0. The van der Waals surface area contributed by atoms with Gasteiger partial charge in [0.2, 0.25) is 5.91 Å². The molecular weight excluding hydrogens is 411 g/mol. The van der Waals surface area contributed by atoms with Crippen molar-refractivity contribution in [2.24, 2.45) is 11.7 Å². The number of hydrogen-bond donors (Lipinski definition) is 1. The molecule has 0 aliphatic carbocycles. The predicted molar refractivity (Wildman–Crippen MR) is 120 cm³/mol. The third-order valence-electron chi connectivity index (χ3n) is 5.23. The minimum atomic E-state index is -0.551. The lowest BCUT2D eigenvalue weighted by atomic mass is 9.96. The molecule has 1 aliphatic heterocycles. The van der Waals surface area contributed by atoms with Crippen molar-refractivity contribution in [2.75, 3.05) is 26.8 Å². The highest BCUT2D eigenvalue weighted by atomic mass is 35.5. The molecule has 0 bridgehead atoms. The molecule has 1 amide bonds. The van der Waals surface area contributed by atoms with Gasteiger partial charge in [-0.3, -0.25) is 4.79 Å². The molecule has 29 heavy (non-hydrogen) atoms. The summed E-state index contributed by atoms with van der Waals surface area (Å²) in [6.07, 6.45) is 7.43. The molecule has 2 aromatic rings. The zero-order valence-corrected chi connectivity index (χ0v) is 18.5. The molecule has 162 valence electrons. The van der Waals surface area contributed by atoms with Crippen molar-refractivity contribution >= 4 is 30.7 Å². The number of benzene rings is 1. The van der Waals surface area contributed by atoms with Gasteiger partial charge in [0.25, 0.3) is 0 Å². The van der Waals surface area contributed by atoms with E-state index in [0.717, 1.165) is 51.3 Å². The molecule has 0 radical (unpaired) electrons. The largest absolute Gasteiger partial charge is 0.381 e. The average Bonchev–Trinajstić information content (AvgIpc) is 3.13. The van der Waals surface area contributed by atoms with Crippen molar-refractivity contribution in [3.8, 4) is 0 Å². The van der Waals surface area contributed by atoms with E-state index in [4.69, 9.17) is 10.5 Å². The average molecular weight is 443 g/mol. The van der Waals surface area contributed by atoms with Crippen molar-refractivity contribution < 1.29 is 9.53 Å². The number of ether oxygens (including phenoxy) is 1. The second kappa shape index (κ2) is 12.9. The molecule has 0 spiro atoms. The molecule has 1 aromatic carbocycles. The highest BCUT2D eigenvalue weighted by molar-refractivity contribution is 5.85. The summed E-state index contributed by atoms with van der Waals surface area (Å²) >= 11 is 0. The van der Waals surface area contributed by atoms with Gasteiger partial charge in [0.05, 0.1) is 18.1 Å². The van der Waals surface area contributed by atoms with Crippen molar-refractivity contribution in [1.29, 1.82) is 0 Å². The molecule has 1 atom stereocenters. The number of carbonyl (C=O) groups is 1. The van der Waals surface area contributed by atoms with Crippen molar-refractivity contribution in [2.45, 2.75) is 38.3 Å². The first-order chi connectivity index (χ1) is 13.1. The summed E-state index contributed by atoms with van der Waals surface area (Å²) in [5.41, 5.74) is 8.23. The molecule has 3 rings (SSSR count). The quantitative estimate of drug-likeness (QED) is 0.681. The van der Waals surface area contributed by atoms with Crippen LogP contribution in [0.2, 0.25) is 0 Å². The van der Waals surface area contributed by atoms with Crippen LogP contribution in [0.3, 0.4) is 0 Å². The van der Waals surface area contributed by atoms with Crippen LogP contribution in [0, 0.1) is 5.92 Å². The van der Waals surface area contributed by atoms with E-state index in [-0.39, 0.29) is 30.7 Å². The summed E-state index contributed by atoms with van der Waals surface area (Å²) in [6.45, 7) is 3.20. The Bertz CT molecular complexity index is 720. The fourth-order valence-corrected chi connectivity index (χ4v) is 3.51. The van der Waals surface area contributed by atoms with Gasteiger partial charge in [-0.15, -0.1) is 24.8 Å². The normalized spacial score (nSPS) is 15.1. The summed E-state index contributed by atoms with van der Waals surface area (Å²) < 4.78 is 7.41. The Balaban J connectivity index is 0.00000210. The number of halogens is 2. The van der Waals surface area contributed by atoms with E-state index in [2.05, 4.69) is 17.1 Å². The lowest BCUT2D eigenvalue weighted by molar-refractivity contribution is -0.131. The molecule has 1 aliphatic rings. The van der Waals surface area contributed by atoms with E-state index in [0.29, 0.717) is 12.3 Å². The molecule has 1 saturated heterocycles. The van der Waals surface area contributed by atoms with E-state index in [9.17, 15) is 4.79 Å². The first kappa shape index (κ1) is 25.4. The maximum absolute atomic E-state index is 12.6. The highest BCUT2D eigenvalue weighted by Crippen LogP contribution is 2.18. The molecule has 0 unspecified atom stereocenters. The number of aromatic nitrogens is 2. The van der Waals surface area contributed by atoms with Gasteiger partial charge in [-0.2, -0.15) is 0 Å². The SMILES string of the molecule is CN(CCC1CCOCC1)C(=O)[C@@H](N)Cc1cn(Cc2ccccc2)cn1.Cl.Cl. The van der Waals surface area contributed by atoms with Crippen LogP contribution in [0.25, 0.3) is 0 Å². The first-order valence-electron chi connectivity index (χ1n) is 9.74. The lowest BCUT2D eigenvalue weighted by Gasteiger charge is -2.26. The number of amides is 1. The van der Waals surface area contributed by atoms with E-state index in [1.165, 1.54) is 5.56 Å². The molecule has 2 N–H and O–H groups in total. The number of imidazole rings is 1. The molecular formula is C21H32Cl2N4O2. The first-order valence-corrected chi connectivity index (χ1v) is 9.74. The van der Waals surface area contributed by atoms with E-state index >= 15 is 0 Å². The lowest BCUT2D eigenvalue weighted by Crippen LogP contribution is -2.43. The second-order valence-corrected chi connectivity index (χ2v) is 7.44. The van der Waals surface area contributed by atoms with Gasteiger partial charge in [-0.1, -0.05) is 30.3 Å². The maximum Gasteiger partial charge on any atom is 0.239 e.